The molecule has 2 N–H and O–H groups in total. The average molecular weight is 158 g/mol. The molecule has 0 aliphatic rings. The lowest BCUT2D eigenvalue weighted by Crippen LogP contribution is -2.31. The van der Waals surface area contributed by atoms with E-state index in [0.29, 0.717) is 18.8 Å². The van der Waals surface area contributed by atoms with Crippen molar-refractivity contribution in [3.63, 3.8) is 0 Å². The molecular weight excluding hydrogens is 144 g/mol. The van der Waals surface area contributed by atoms with Gasteiger partial charge in [0.1, 0.15) is 0 Å². The molecule has 0 aromatic carbocycles. The Balaban J connectivity index is 3.73. The average Bonchev–Trinajstić information content (AvgIpc) is 1.86. The van der Waals surface area contributed by atoms with Crippen LogP contribution in [0.5, 0.6) is 0 Å². The second kappa shape index (κ2) is 4.73. The molecular formula is C7H14N2O2. The summed E-state index contributed by atoms with van der Waals surface area (Å²) in [5.41, 5.74) is 5.23. The van der Waals surface area contributed by atoms with E-state index in [4.69, 9.17) is 10.5 Å². The standard InChI is InChI=1S/C7H14N2O2/c1-6(2)11-7(10)9(3)5-4-8/h1,4-5,8H2,2-3H3. The number of rotatable bonds is 3. The van der Waals surface area contributed by atoms with E-state index in [9.17, 15) is 4.79 Å². The highest BCUT2D eigenvalue weighted by Gasteiger charge is 2.07. The number of hydrogen-bond acceptors (Lipinski definition) is 3. The normalized spacial score (nSPS) is 9.00. The zero-order valence-corrected chi connectivity index (χ0v) is 6.96. The maximum atomic E-state index is 10.9. The largest absolute Gasteiger partial charge is 0.416 e. The van der Waals surface area contributed by atoms with E-state index >= 15 is 0 Å². The summed E-state index contributed by atoms with van der Waals surface area (Å²) in [4.78, 5) is 12.3. The first kappa shape index (κ1) is 9.97. The Morgan fingerprint density at radius 1 is 1.73 bits per heavy atom. The minimum Gasteiger partial charge on any atom is -0.416 e. The van der Waals surface area contributed by atoms with Crippen LogP contribution in [0.25, 0.3) is 0 Å². The molecule has 0 radical (unpaired) electrons. The summed E-state index contributed by atoms with van der Waals surface area (Å²) in [6.07, 6.45) is -0.414. The fourth-order valence-electron chi connectivity index (χ4n) is 0.512. The van der Waals surface area contributed by atoms with E-state index in [2.05, 4.69) is 6.58 Å². The molecule has 0 aliphatic carbocycles. The highest BCUT2D eigenvalue weighted by atomic mass is 16.6. The molecule has 0 unspecified atom stereocenters. The number of amides is 1. The van der Waals surface area contributed by atoms with Crippen LogP contribution in [0.15, 0.2) is 12.3 Å². The number of ether oxygens (including phenoxy) is 1. The Kier molecular flexibility index (Phi) is 4.29. The SMILES string of the molecule is C=C(C)OC(=O)N(C)CCN. The van der Waals surface area contributed by atoms with Crippen molar-refractivity contribution in [2.24, 2.45) is 5.73 Å². The van der Waals surface area contributed by atoms with Crippen molar-refractivity contribution < 1.29 is 9.53 Å². The second-order valence-corrected chi connectivity index (χ2v) is 2.28. The molecule has 4 nitrogen and oxygen atoms in total. The molecule has 0 aromatic rings. The maximum Gasteiger partial charge on any atom is 0.414 e. The lowest BCUT2D eigenvalue weighted by Gasteiger charge is -2.14. The Bertz CT molecular complexity index is 157. The van der Waals surface area contributed by atoms with Gasteiger partial charge in [0.2, 0.25) is 0 Å². The van der Waals surface area contributed by atoms with Crippen molar-refractivity contribution in [3.8, 4) is 0 Å². The smallest absolute Gasteiger partial charge is 0.414 e. The second-order valence-electron chi connectivity index (χ2n) is 2.28. The first-order chi connectivity index (χ1) is 5.07. The Labute approximate surface area is 66.6 Å². The molecule has 0 spiro atoms. The molecule has 0 rings (SSSR count). The quantitative estimate of drug-likeness (QED) is 0.610. The van der Waals surface area contributed by atoms with Gasteiger partial charge in [-0.25, -0.2) is 4.79 Å². The van der Waals surface area contributed by atoms with Crippen molar-refractivity contribution in [2.75, 3.05) is 20.1 Å². The van der Waals surface area contributed by atoms with E-state index in [0.717, 1.165) is 0 Å². The third kappa shape index (κ3) is 4.38. The molecule has 4 heteroatoms. The molecule has 0 heterocycles. The van der Waals surface area contributed by atoms with Crippen LogP contribution in [-0.2, 0) is 4.74 Å². The van der Waals surface area contributed by atoms with Crippen LogP contribution in [0.3, 0.4) is 0 Å². The first-order valence-electron chi connectivity index (χ1n) is 3.36. The van der Waals surface area contributed by atoms with Gasteiger partial charge in [-0.2, -0.15) is 0 Å². The van der Waals surface area contributed by atoms with Gasteiger partial charge in [0, 0.05) is 20.1 Å². The highest BCUT2D eigenvalue weighted by molar-refractivity contribution is 5.68. The van der Waals surface area contributed by atoms with Gasteiger partial charge >= 0.3 is 6.09 Å². The number of hydrogen-bond donors (Lipinski definition) is 1. The predicted molar refractivity (Wildman–Crippen MR) is 43.0 cm³/mol. The van der Waals surface area contributed by atoms with Gasteiger partial charge in [-0.15, -0.1) is 0 Å². The third-order valence-corrected chi connectivity index (χ3v) is 1.04. The molecule has 0 fully saturated rings. The minimum atomic E-state index is -0.414. The van der Waals surface area contributed by atoms with Crippen LogP contribution in [0, 0.1) is 0 Å². The molecule has 0 bridgehead atoms. The molecule has 0 saturated carbocycles. The van der Waals surface area contributed by atoms with E-state index in [-0.39, 0.29) is 0 Å². The van der Waals surface area contributed by atoms with E-state index in [1.807, 2.05) is 0 Å². The van der Waals surface area contributed by atoms with Crippen LogP contribution < -0.4 is 5.73 Å². The number of nitrogens with two attached hydrogens (primary N) is 1. The van der Waals surface area contributed by atoms with Gasteiger partial charge in [0.15, 0.2) is 0 Å². The lowest BCUT2D eigenvalue weighted by atomic mass is 10.6. The fourth-order valence-corrected chi connectivity index (χ4v) is 0.512. The topological polar surface area (TPSA) is 55.6 Å². The number of nitrogens with zero attached hydrogens (tertiary/aromatic N) is 1. The summed E-state index contributed by atoms with van der Waals surface area (Å²) < 4.78 is 4.70. The summed E-state index contributed by atoms with van der Waals surface area (Å²) >= 11 is 0. The first-order valence-corrected chi connectivity index (χ1v) is 3.36. The monoisotopic (exact) mass is 158 g/mol. The molecule has 0 saturated heterocycles. The zero-order valence-electron chi connectivity index (χ0n) is 6.96. The Hall–Kier alpha value is -1.03. The van der Waals surface area contributed by atoms with Crippen molar-refractivity contribution in [2.45, 2.75) is 6.92 Å². The van der Waals surface area contributed by atoms with Crippen LogP contribution in [-0.4, -0.2) is 31.1 Å². The summed E-state index contributed by atoms with van der Waals surface area (Å²) in [6, 6.07) is 0. The zero-order chi connectivity index (χ0) is 8.85. The summed E-state index contributed by atoms with van der Waals surface area (Å²) in [5, 5.41) is 0. The van der Waals surface area contributed by atoms with Crippen LogP contribution in [0.1, 0.15) is 6.92 Å². The molecule has 64 valence electrons. The lowest BCUT2D eigenvalue weighted by molar-refractivity contribution is 0.140. The molecule has 11 heavy (non-hydrogen) atoms. The van der Waals surface area contributed by atoms with Crippen LogP contribution >= 0.6 is 0 Å². The molecule has 0 aromatic heterocycles. The van der Waals surface area contributed by atoms with Gasteiger partial charge in [-0.3, -0.25) is 0 Å². The Morgan fingerprint density at radius 2 is 2.27 bits per heavy atom. The molecule has 0 aliphatic heterocycles. The van der Waals surface area contributed by atoms with Gasteiger partial charge < -0.3 is 15.4 Å². The van der Waals surface area contributed by atoms with Gasteiger partial charge in [-0.1, -0.05) is 6.58 Å². The number of carbonyl (C=O) groups is 1. The van der Waals surface area contributed by atoms with Gasteiger partial charge in [-0.05, 0) is 6.92 Å². The summed E-state index contributed by atoms with van der Waals surface area (Å²) in [5.74, 6) is 0.388. The van der Waals surface area contributed by atoms with Gasteiger partial charge in [0.25, 0.3) is 0 Å². The van der Waals surface area contributed by atoms with Crippen LogP contribution in [0.2, 0.25) is 0 Å². The molecule has 1 amide bonds. The molecule has 0 atom stereocenters. The number of allylic oxidation sites excluding steroid dienone is 1. The van der Waals surface area contributed by atoms with Crippen LogP contribution in [0.4, 0.5) is 4.79 Å². The third-order valence-electron chi connectivity index (χ3n) is 1.04. The van der Waals surface area contributed by atoms with E-state index < -0.39 is 6.09 Å². The van der Waals surface area contributed by atoms with Gasteiger partial charge in [0.05, 0.1) is 5.76 Å². The minimum absolute atomic E-state index is 0.388. The number of carbonyl (C=O) groups excluding carboxylic acids is 1. The maximum absolute atomic E-state index is 10.9. The predicted octanol–water partition coefficient (Wildman–Crippen LogP) is 0.547. The van der Waals surface area contributed by atoms with E-state index in [1.54, 1.807) is 14.0 Å². The number of likely N-dealkylation sites (N-methyl/N-ethyl adjacent to an activating group) is 1. The van der Waals surface area contributed by atoms with Crippen molar-refractivity contribution in [1.29, 1.82) is 0 Å². The fraction of sp³-hybridized carbons (Fsp3) is 0.571. The highest BCUT2D eigenvalue weighted by Crippen LogP contribution is 1.95. The summed E-state index contributed by atoms with van der Waals surface area (Å²) in [7, 11) is 1.62. The summed E-state index contributed by atoms with van der Waals surface area (Å²) in [6.45, 7) is 5.98. The Morgan fingerprint density at radius 3 is 2.64 bits per heavy atom. The van der Waals surface area contributed by atoms with Crippen molar-refractivity contribution in [3.05, 3.63) is 12.3 Å². The van der Waals surface area contributed by atoms with E-state index in [1.165, 1.54) is 4.90 Å². The van der Waals surface area contributed by atoms with Crippen molar-refractivity contribution in [1.82, 2.24) is 4.90 Å². The van der Waals surface area contributed by atoms with Crippen molar-refractivity contribution >= 4 is 6.09 Å².